The molecule has 0 aliphatic heterocycles. The summed E-state index contributed by atoms with van der Waals surface area (Å²) in [5, 5.41) is 0.0291. The number of rotatable bonds is 6. The lowest BCUT2D eigenvalue weighted by molar-refractivity contribution is -0.112. The van der Waals surface area contributed by atoms with Gasteiger partial charge in [0.25, 0.3) is 5.56 Å². The average Bonchev–Trinajstić information content (AvgIpc) is 3.65. The largest absolute Gasteiger partial charge is 0.350 e. The van der Waals surface area contributed by atoms with Gasteiger partial charge in [0.15, 0.2) is 0 Å². The Labute approximate surface area is 185 Å². The van der Waals surface area contributed by atoms with Gasteiger partial charge in [0, 0.05) is 18.5 Å². The van der Waals surface area contributed by atoms with Crippen LogP contribution in [0.5, 0.6) is 0 Å². The smallest absolute Gasteiger partial charge is 0.291 e. The van der Waals surface area contributed by atoms with Crippen LogP contribution in [0.1, 0.15) is 52.9 Å². The zero-order chi connectivity index (χ0) is 23.3. The zero-order valence-electron chi connectivity index (χ0n) is 18.3. The monoisotopic (exact) mass is 458 g/mol. The van der Waals surface area contributed by atoms with E-state index in [2.05, 4.69) is 22.0 Å². The number of carbonyl (C=O) groups excluding carboxylic acids is 1. The summed E-state index contributed by atoms with van der Waals surface area (Å²) in [5.74, 6) is 4.12. The fourth-order valence-electron chi connectivity index (χ4n) is 3.50. The van der Waals surface area contributed by atoms with Gasteiger partial charge in [-0.15, -0.1) is 0 Å². The second kappa shape index (κ2) is 7.60. The third-order valence-electron chi connectivity index (χ3n) is 6.04. The number of carbonyl (C=O) groups is 1. The Morgan fingerprint density at radius 1 is 1.16 bits per heavy atom. The Kier molecular flexibility index (Phi) is 5.30. The molecule has 2 fully saturated rings. The highest BCUT2D eigenvalue weighted by atomic mass is 32.2. The fourth-order valence-corrected chi connectivity index (χ4v) is 4.99. The second-order valence-corrected chi connectivity index (χ2v) is 10.9. The van der Waals surface area contributed by atoms with Crippen molar-refractivity contribution in [1.29, 1.82) is 0 Å². The molecule has 1 aromatic heterocycles. The van der Waals surface area contributed by atoms with Crippen LogP contribution in [0.2, 0.25) is 0 Å². The molecule has 10 heteroatoms. The first-order valence-corrected chi connectivity index (χ1v) is 12.1. The van der Waals surface area contributed by atoms with Crippen LogP contribution in [0.25, 0.3) is 10.9 Å². The van der Waals surface area contributed by atoms with Gasteiger partial charge in [-0.3, -0.25) is 14.2 Å². The standard InChI is InChI=1S/C22H26N4O5S/c1-4-5-6-18(27)23-26-19(28)16-13-15(32(30,31)24-22(3)11-12-22)7-8-17(16)25(20(26)29)14-21(2)9-10-21/h7-8,13,24H,4,9-12,14H2,1-3H3,(H,23,27). The summed E-state index contributed by atoms with van der Waals surface area (Å²) in [5.41, 5.74) is 0.527. The van der Waals surface area contributed by atoms with E-state index in [0.29, 0.717) is 23.2 Å². The first kappa shape index (κ1) is 22.3. The lowest BCUT2D eigenvalue weighted by atomic mass is 10.1. The molecule has 1 amide bonds. The van der Waals surface area contributed by atoms with Crippen LogP contribution in [0, 0.1) is 17.3 Å². The molecule has 170 valence electrons. The number of sulfonamides is 1. The SMILES string of the molecule is CCC#CC(=O)Nn1c(=O)c2cc(S(=O)(=O)NC3(C)CC3)ccc2n(CC2(C)CC2)c1=O. The highest BCUT2D eigenvalue weighted by molar-refractivity contribution is 7.89. The molecule has 0 saturated heterocycles. The van der Waals surface area contributed by atoms with E-state index in [-0.39, 0.29) is 15.7 Å². The lowest BCUT2D eigenvalue weighted by Gasteiger charge is -2.18. The van der Waals surface area contributed by atoms with Crippen LogP contribution in [-0.4, -0.2) is 29.1 Å². The van der Waals surface area contributed by atoms with Crippen LogP contribution >= 0.6 is 0 Å². The minimum Gasteiger partial charge on any atom is -0.291 e. The van der Waals surface area contributed by atoms with Gasteiger partial charge in [-0.2, -0.15) is 4.68 Å². The van der Waals surface area contributed by atoms with Gasteiger partial charge in [0.2, 0.25) is 10.0 Å². The van der Waals surface area contributed by atoms with Crippen molar-refractivity contribution in [2.24, 2.45) is 5.41 Å². The van der Waals surface area contributed by atoms with Crippen molar-refractivity contribution in [2.75, 3.05) is 5.43 Å². The second-order valence-electron chi connectivity index (χ2n) is 9.26. The molecule has 4 rings (SSSR count). The normalized spacial score (nSPS) is 18.0. The molecule has 0 bridgehead atoms. The fraction of sp³-hybridized carbons (Fsp3) is 0.500. The number of aromatic nitrogens is 2. The molecule has 2 aliphatic carbocycles. The van der Waals surface area contributed by atoms with Crippen molar-refractivity contribution >= 4 is 26.8 Å². The molecule has 1 aromatic carbocycles. The van der Waals surface area contributed by atoms with Crippen molar-refractivity contribution in [3.8, 4) is 11.8 Å². The summed E-state index contributed by atoms with van der Waals surface area (Å²) >= 11 is 0. The molecular weight excluding hydrogens is 432 g/mol. The summed E-state index contributed by atoms with van der Waals surface area (Å²) in [6.07, 6.45) is 3.80. The van der Waals surface area contributed by atoms with E-state index < -0.39 is 32.7 Å². The van der Waals surface area contributed by atoms with Gasteiger partial charge >= 0.3 is 11.6 Å². The number of nitrogens with zero attached hydrogens (tertiary/aromatic N) is 2. The first-order chi connectivity index (χ1) is 15.0. The maximum Gasteiger partial charge on any atom is 0.350 e. The first-order valence-electron chi connectivity index (χ1n) is 10.6. The molecule has 0 radical (unpaired) electrons. The number of amides is 1. The number of hydrogen-bond donors (Lipinski definition) is 2. The van der Waals surface area contributed by atoms with Crippen LogP contribution in [-0.2, 0) is 21.4 Å². The predicted octanol–water partition coefficient (Wildman–Crippen LogP) is 1.28. The lowest BCUT2D eigenvalue weighted by Crippen LogP contribution is -2.47. The van der Waals surface area contributed by atoms with E-state index >= 15 is 0 Å². The molecule has 0 spiro atoms. The van der Waals surface area contributed by atoms with Crippen molar-refractivity contribution in [2.45, 2.75) is 69.9 Å². The molecular formula is C22H26N4O5S. The minimum absolute atomic E-state index is 0.0291. The van der Waals surface area contributed by atoms with E-state index in [0.717, 1.165) is 25.7 Å². The maximum absolute atomic E-state index is 13.1. The summed E-state index contributed by atoms with van der Waals surface area (Å²) in [7, 11) is -3.85. The topological polar surface area (TPSA) is 119 Å². The third-order valence-corrected chi connectivity index (χ3v) is 7.68. The van der Waals surface area contributed by atoms with Crippen LogP contribution in [0.4, 0.5) is 0 Å². The Balaban J connectivity index is 1.88. The van der Waals surface area contributed by atoms with E-state index in [4.69, 9.17) is 0 Å². The molecule has 2 aliphatic rings. The average molecular weight is 459 g/mol. The summed E-state index contributed by atoms with van der Waals surface area (Å²) in [4.78, 5) is 38.3. The highest BCUT2D eigenvalue weighted by Gasteiger charge is 2.41. The Hall–Kier alpha value is -2.90. The van der Waals surface area contributed by atoms with Gasteiger partial charge in [-0.05, 0) is 62.1 Å². The van der Waals surface area contributed by atoms with Crippen LogP contribution in [0.3, 0.4) is 0 Å². The zero-order valence-corrected chi connectivity index (χ0v) is 19.1. The van der Waals surface area contributed by atoms with Crippen molar-refractivity contribution in [3.05, 3.63) is 39.0 Å². The quantitative estimate of drug-likeness (QED) is 0.632. The van der Waals surface area contributed by atoms with Gasteiger partial charge in [-0.25, -0.2) is 23.4 Å². The molecule has 1 heterocycles. The summed E-state index contributed by atoms with van der Waals surface area (Å²) in [6.45, 7) is 5.97. The van der Waals surface area contributed by atoms with Crippen LogP contribution in [0.15, 0.2) is 32.7 Å². The predicted molar refractivity (Wildman–Crippen MR) is 120 cm³/mol. The Morgan fingerprint density at radius 3 is 2.44 bits per heavy atom. The highest BCUT2D eigenvalue weighted by Crippen LogP contribution is 2.46. The number of benzene rings is 1. The van der Waals surface area contributed by atoms with Crippen LogP contribution < -0.4 is 21.4 Å². The molecule has 0 unspecified atom stereocenters. The van der Waals surface area contributed by atoms with E-state index in [9.17, 15) is 22.8 Å². The van der Waals surface area contributed by atoms with Crippen molar-refractivity contribution in [1.82, 2.24) is 14.0 Å². The van der Waals surface area contributed by atoms with Gasteiger partial charge in [0.1, 0.15) is 0 Å². The minimum atomic E-state index is -3.85. The van der Waals surface area contributed by atoms with E-state index in [1.54, 1.807) is 6.92 Å². The van der Waals surface area contributed by atoms with E-state index in [1.165, 1.54) is 22.8 Å². The molecule has 2 N–H and O–H groups in total. The third kappa shape index (κ3) is 4.36. The van der Waals surface area contributed by atoms with Gasteiger partial charge < -0.3 is 0 Å². The Bertz CT molecular complexity index is 1400. The molecule has 0 atom stereocenters. The van der Waals surface area contributed by atoms with Gasteiger partial charge in [-0.1, -0.05) is 19.8 Å². The van der Waals surface area contributed by atoms with Gasteiger partial charge in [0.05, 0.1) is 15.8 Å². The van der Waals surface area contributed by atoms with E-state index in [1.807, 2.05) is 13.8 Å². The Morgan fingerprint density at radius 2 is 1.84 bits per heavy atom. The number of fused-ring (bicyclic) bond motifs is 1. The maximum atomic E-state index is 13.1. The summed E-state index contributed by atoms with van der Waals surface area (Å²) < 4.78 is 30.4. The molecule has 2 saturated carbocycles. The number of hydrogen-bond acceptors (Lipinski definition) is 5. The molecule has 9 nitrogen and oxygen atoms in total. The summed E-state index contributed by atoms with van der Waals surface area (Å²) in [6, 6.07) is 4.14. The number of nitrogens with one attached hydrogen (secondary N) is 2. The molecule has 32 heavy (non-hydrogen) atoms. The van der Waals surface area contributed by atoms with Crippen molar-refractivity contribution < 1.29 is 13.2 Å². The molecule has 2 aromatic rings. The van der Waals surface area contributed by atoms with Crippen molar-refractivity contribution in [3.63, 3.8) is 0 Å².